The molecule has 0 unspecified atom stereocenters. The number of hydrogen-bond acceptors (Lipinski definition) is 5. The number of carbonyl (C=O) groups excluding carboxylic acids is 1. The standard InChI is InChI=1S/C18H22FN5O/c1-13-11-16(17(25)24-9-7-23(2)8-10-24)22-18(21-13)20-12-14-5-3-4-6-15(14)19/h3-6,11H,7-10,12H2,1-2H3,(H,20,21,22). The molecule has 25 heavy (non-hydrogen) atoms. The zero-order valence-electron chi connectivity index (χ0n) is 14.5. The molecule has 1 saturated heterocycles. The van der Waals surface area contributed by atoms with Crippen LogP contribution in [0.1, 0.15) is 21.7 Å². The Morgan fingerprint density at radius 3 is 2.64 bits per heavy atom. The van der Waals surface area contributed by atoms with Gasteiger partial charge in [0.25, 0.3) is 5.91 Å². The third kappa shape index (κ3) is 4.30. The SMILES string of the molecule is Cc1cc(C(=O)N2CCN(C)CC2)nc(NCc2ccccc2F)n1. The second-order valence-corrected chi connectivity index (χ2v) is 6.26. The molecule has 0 aliphatic carbocycles. The lowest BCUT2D eigenvalue weighted by Crippen LogP contribution is -2.47. The number of piperazine rings is 1. The van der Waals surface area contributed by atoms with Gasteiger partial charge in [-0.15, -0.1) is 0 Å². The topological polar surface area (TPSA) is 61.4 Å². The van der Waals surface area contributed by atoms with Crippen LogP contribution in [0.25, 0.3) is 0 Å². The maximum absolute atomic E-state index is 13.7. The lowest BCUT2D eigenvalue weighted by atomic mass is 10.2. The van der Waals surface area contributed by atoms with Crippen LogP contribution in [0.5, 0.6) is 0 Å². The maximum Gasteiger partial charge on any atom is 0.272 e. The van der Waals surface area contributed by atoms with E-state index in [0.717, 1.165) is 13.1 Å². The zero-order valence-corrected chi connectivity index (χ0v) is 14.5. The summed E-state index contributed by atoms with van der Waals surface area (Å²) in [5, 5.41) is 3.01. The molecule has 0 saturated carbocycles. The van der Waals surface area contributed by atoms with Gasteiger partial charge in [-0.05, 0) is 26.1 Å². The van der Waals surface area contributed by atoms with Gasteiger partial charge in [0.15, 0.2) is 0 Å². The molecule has 1 aliphatic rings. The van der Waals surface area contributed by atoms with Crippen LogP contribution in [-0.4, -0.2) is 58.9 Å². The van der Waals surface area contributed by atoms with E-state index in [1.165, 1.54) is 6.07 Å². The molecule has 2 aromatic rings. The number of nitrogens with zero attached hydrogens (tertiary/aromatic N) is 4. The summed E-state index contributed by atoms with van der Waals surface area (Å²) in [4.78, 5) is 25.3. The monoisotopic (exact) mass is 343 g/mol. The number of anilines is 1. The van der Waals surface area contributed by atoms with Crippen LogP contribution >= 0.6 is 0 Å². The normalized spacial score (nSPS) is 15.2. The second-order valence-electron chi connectivity index (χ2n) is 6.26. The molecule has 132 valence electrons. The van der Waals surface area contributed by atoms with Crippen LogP contribution < -0.4 is 5.32 Å². The van der Waals surface area contributed by atoms with Gasteiger partial charge in [0.1, 0.15) is 11.5 Å². The molecule has 2 heterocycles. The molecular weight excluding hydrogens is 321 g/mol. The number of amides is 1. The number of likely N-dealkylation sites (N-methyl/N-ethyl adjacent to an activating group) is 1. The van der Waals surface area contributed by atoms with Gasteiger partial charge in [0, 0.05) is 44.0 Å². The first-order valence-corrected chi connectivity index (χ1v) is 8.34. The van der Waals surface area contributed by atoms with Gasteiger partial charge in [-0.3, -0.25) is 4.79 Å². The number of aryl methyl sites for hydroxylation is 1. The molecule has 6 nitrogen and oxygen atoms in total. The number of rotatable bonds is 4. The summed E-state index contributed by atoms with van der Waals surface area (Å²) in [7, 11) is 2.04. The van der Waals surface area contributed by atoms with E-state index in [9.17, 15) is 9.18 Å². The highest BCUT2D eigenvalue weighted by Crippen LogP contribution is 2.12. The summed E-state index contributed by atoms with van der Waals surface area (Å²) in [5.74, 6) is -0.0374. The number of carbonyl (C=O) groups is 1. The van der Waals surface area contributed by atoms with E-state index >= 15 is 0 Å². The van der Waals surface area contributed by atoms with Crippen LogP contribution in [-0.2, 0) is 6.54 Å². The summed E-state index contributed by atoms with van der Waals surface area (Å²) in [6.45, 7) is 5.17. The largest absolute Gasteiger partial charge is 0.350 e. The average molecular weight is 343 g/mol. The van der Waals surface area contributed by atoms with Gasteiger partial charge < -0.3 is 15.1 Å². The van der Waals surface area contributed by atoms with Crippen molar-refractivity contribution >= 4 is 11.9 Å². The quantitative estimate of drug-likeness (QED) is 0.919. The first-order chi connectivity index (χ1) is 12.0. The minimum atomic E-state index is -0.281. The van der Waals surface area contributed by atoms with E-state index in [1.54, 1.807) is 24.3 Å². The minimum absolute atomic E-state index is 0.0902. The maximum atomic E-state index is 13.7. The van der Waals surface area contributed by atoms with Crippen molar-refractivity contribution in [3.05, 3.63) is 53.1 Å². The summed E-state index contributed by atoms with van der Waals surface area (Å²) < 4.78 is 13.7. The first kappa shape index (κ1) is 17.3. The molecule has 0 atom stereocenters. The Morgan fingerprint density at radius 2 is 1.92 bits per heavy atom. The zero-order chi connectivity index (χ0) is 17.8. The van der Waals surface area contributed by atoms with Gasteiger partial charge in [-0.2, -0.15) is 0 Å². The van der Waals surface area contributed by atoms with Crippen molar-refractivity contribution in [3.63, 3.8) is 0 Å². The van der Waals surface area contributed by atoms with Crippen LogP contribution in [0.3, 0.4) is 0 Å². The van der Waals surface area contributed by atoms with Crippen molar-refractivity contribution in [2.45, 2.75) is 13.5 Å². The van der Waals surface area contributed by atoms with E-state index < -0.39 is 0 Å². The fourth-order valence-electron chi connectivity index (χ4n) is 2.74. The van der Waals surface area contributed by atoms with E-state index in [2.05, 4.69) is 20.2 Å². The summed E-state index contributed by atoms with van der Waals surface area (Å²) in [5.41, 5.74) is 1.59. The van der Waals surface area contributed by atoms with Crippen LogP contribution in [0.2, 0.25) is 0 Å². The van der Waals surface area contributed by atoms with Crippen molar-refractivity contribution in [3.8, 4) is 0 Å². The number of aromatic nitrogens is 2. The Balaban J connectivity index is 1.72. The lowest BCUT2D eigenvalue weighted by Gasteiger charge is -2.32. The van der Waals surface area contributed by atoms with Gasteiger partial charge in [-0.25, -0.2) is 14.4 Å². The van der Waals surface area contributed by atoms with Gasteiger partial charge in [-0.1, -0.05) is 18.2 Å². The van der Waals surface area contributed by atoms with Gasteiger partial charge in [0.05, 0.1) is 0 Å². The van der Waals surface area contributed by atoms with Crippen LogP contribution in [0.15, 0.2) is 30.3 Å². The average Bonchev–Trinajstić information content (AvgIpc) is 2.60. The first-order valence-electron chi connectivity index (χ1n) is 8.34. The highest BCUT2D eigenvalue weighted by molar-refractivity contribution is 5.92. The molecule has 1 fully saturated rings. The van der Waals surface area contributed by atoms with E-state index in [1.807, 2.05) is 18.9 Å². The Morgan fingerprint density at radius 1 is 1.20 bits per heavy atom. The van der Waals surface area contributed by atoms with E-state index in [0.29, 0.717) is 36.0 Å². The molecule has 1 N–H and O–H groups in total. The van der Waals surface area contributed by atoms with Crippen LogP contribution in [0.4, 0.5) is 10.3 Å². The molecule has 1 aliphatic heterocycles. The Hall–Kier alpha value is -2.54. The fourth-order valence-corrected chi connectivity index (χ4v) is 2.74. The summed E-state index contributed by atoms with van der Waals surface area (Å²) in [6, 6.07) is 8.23. The highest BCUT2D eigenvalue weighted by atomic mass is 19.1. The fraction of sp³-hybridized carbons (Fsp3) is 0.389. The highest BCUT2D eigenvalue weighted by Gasteiger charge is 2.22. The van der Waals surface area contributed by atoms with Crippen molar-refractivity contribution in [1.82, 2.24) is 19.8 Å². The van der Waals surface area contributed by atoms with Gasteiger partial charge >= 0.3 is 0 Å². The second kappa shape index (κ2) is 7.57. The molecule has 1 aromatic heterocycles. The molecule has 0 spiro atoms. The Kier molecular flexibility index (Phi) is 5.23. The van der Waals surface area contributed by atoms with Crippen molar-refractivity contribution in [2.24, 2.45) is 0 Å². The molecule has 1 amide bonds. The Labute approximate surface area is 146 Å². The Bertz CT molecular complexity index is 759. The van der Waals surface area contributed by atoms with E-state index in [4.69, 9.17) is 0 Å². The molecular formula is C18H22FN5O. The van der Waals surface area contributed by atoms with Crippen molar-refractivity contribution in [1.29, 1.82) is 0 Å². The van der Waals surface area contributed by atoms with Crippen LogP contribution in [0, 0.1) is 12.7 Å². The number of nitrogens with one attached hydrogen (secondary N) is 1. The summed E-state index contributed by atoms with van der Waals surface area (Å²) in [6.07, 6.45) is 0. The smallest absolute Gasteiger partial charge is 0.272 e. The van der Waals surface area contributed by atoms with Gasteiger partial charge in [0.2, 0.25) is 5.95 Å². The molecule has 0 radical (unpaired) electrons. The van der Waals surface area contributed by atoms with Crippen molar-refractivity contribution < 1.29 is 9.18 Å². The van der Waals surface area contributed by atoms with E-state index in [-0.39, 0.29) is 18.3 Å². The minimum Gasteiger partial charge on any atom is -0.350 e. The third-order valence-electron chi connectivity index (χ3n) is 4.26. The third-order valence-corrected chi connectivity index (χ3v) is 4.26. The molecule has 0 bridgehead atoms. The lowest BCUT2D eigenvalue weighted by molar-refractivity contribution is 0.0658. The summed E-state index contributed by atoms with van der Waals surface area (Å²) >= 11 is 0. The molecule has 1 aromatic carbocycles. The number of halogens is 1. The molecule has 3 rings (SSSR count). The number of hydrogen-bond donors (Lipinski definition) is 1. The molecule has 7 heteroatoms. The predicted octanol–water partition coefficient (Wildman–Crippen LogP) is 1.92. The van der Waals surface area contributed by atoms with Crippen molar-refractivity contribution in [2.75, 3.05) is 38.5 Å². The number of benzene rings is 1. The predicted molar refractivity (Wildman–Crippen MR) is 93.9 cm³/mol.